The van der Waals surface area contributed by atoms with Crippen LogP contribution in [-0.2, 0) is 50.6 Å². The van der Waals surface area contributed by atoms with Crippen LogP contribution in [0.25, 0.3) is 65.6 Å². The topological polar surface area (TPSA) is 81.5 Å². The summed E-state index contributed by atoms with van der Waals surface area (Å²) in [7, 11) is 0. The van der Waals surface area contributed by atoms with Crippen molar-refractivity contribution in [1.82, 2.24) is 9.97 Å². The second-order valence-electron chi connectivity index (χ2n) is 28.5. The Bertz CT molecular complexity index is 3660. The van der Waals surface area contributed by atoms with Gasteiger partial charge in [-0.3, -0.25) is 14.8 Å². The van der Waals surface area contributed by atoms with Crippen LogP contribution in [0, 0.1) is 51.5 Å². The van der Waals surface area contributed by atoms with Crippen LogP contribution in [0.5, 0.6) is 23.0 Å². The Morgan fingerprint density at radius 3 is 1.38 bits per heavy atom. The Labute approximate surface area is 499 Å². The summed E-state index contributed by atoms with van der Waals surface area (Å²) < 4.78 is 13.5. The van der Waals surface area contributed by atoms with Gasteiger partial charge in [-0.05, 0) is 126 Å². The molecule has 6 nitrogen and oxygen atoms in total. The van der Waals surface area contributed by atoms with Crippen LogP contribution in [0.2, 0.25) is 0 Å². The molecule has 10 rings (SSSR count). The first kappa shape index (κ1) is 62.7. The van der Waals surface area contributed by atoms with Gasteiger partial charge in [0.15, 0.2) is 5.78 Å². The van der Waals surface area contributed by atoms with Crippen molar-refractivity contribution >= 4 is 48.9 Å². The number of fused-ring (bicyclic) bond motifs is 6. The van der Waals surface area contributed by atoms with Crippen molar-refractivity contribution in [1.29, 1.82) is 0 Å². The first-order valence-electron chi connectivity index (χ1n) is 29.5. The first-order chi connectivity index (χ1) is 37.4. The zero-order chi connectivity index (χ0) is 58.5. The SMILES string of the molecule is CC(C)(C)Cc1cc2c3c(nccc3c1)-c1[c-]c3ccccc3c(CC(C)(C)C)c1O2.CCC(C)(CC)C(=O)/C=C(\O)C(C)(CC)CC.Cc1ccc2c(CC(C)(C)C)c3c([c-]c2c1)-c1nccc2cc(CC(C)(C)C)cc(c12)O3.[Ir]. The molecule has 7 heteroatoms. The van der Waals surface area contributed by atoms with Gasteiger partial charge in [0, 0.05) is 71.6 Å². The third-order valence-electron chi connectivity index (χ3n) is 16.4. The van der Waals surface area contributed by atoms with Crippen LogP contribution >= 0.6 is 0 Å². The van der Waals surface area contributed by atoms with Crippen molar-refractivity contribution in [3.05, 3.63) is 143 Å². The number of aryl methyl sites for hydroxylation is 1. The van der Waals surface area contributed by atoms with Crippen LogP contribution in [-0.4, -0.2) is 20.9 Å². The molecule has 0 unspecified atom stereocenters. The van der Waals surface area contributed by atoms with Crippen molar-refractivity contribution in [2.45, 2.75) is 183 Å². The monoisotopic (exact) mass is 1260 g/mol. The molecule has 4 heterocycles. The number of aromatic nitrogens is 2. The second-order valence-corrected chi connectivity index (χ2v) is 28.5. The summed E-state index contributed by atoms with van der Waals surface area (Å²) in [5.74, 6) is 3.98. The number of rotatable bonds is 11. The average molecular weight is 1260 g/mol. The molecule has 2 aliphatic rings. The van der Waals surface area contributed by atoms with E-state index >= 15 is 0 Å². The third kappa shape index (κ3) is 14.0. The molecule has 1 N–H and O–H groups in total. The molecule has 6 aromatic carbocycles. The van der Waals surface area contributed by atoms with Crippen LogP contribution in [0.3, 0.4) is 0 Å². The quantitative estimate of drug-likeness (QED) is 0.0789. The number of benzene rings is 6. The van der Waals surface area contributed by atoms with Gasteiger partial charge in [-0.1, -0.05) is 206 Å². The van der Waals surface area contributed by atoms with Crippen LogP contribution in [0.15, 0.2) is 103 Å². The predicted molar refractivity (Wildman–Crippen MR) is 338 cm³/mol. The molecule has 81 heavy (non-hydrogen) atoms. The summed E-state index contributed by atoms with van der Waals surface area (Å²) >= 11 is 0. The number of carbonyl (C=O) groups is 1. The van der Waals surface area contributed by atoms with E-state index in [2.05, 4.69) is 181 Å². The van der Waals surface area contributed by atoms with Gasteiger partial charge < -0.3 is 14.6 Å². The predicted octanol–water partition coefficient (Wildman–Crippen LogP) is 21.2. The number of hydrogen-bond donors (Lipinski definition) is 1. The van der Waals surface area contributed by atoms with Crippen molar-refractivity contribution in [2.75, 3.05) is 0 Å². The Kier molecular flexibility index (Phi) is 18.4. The van der Waals surface area contributed by atoms with Crippen molar-refractivity contribution in [2.24, 2.45) is 32.5 Å². The minimum Gasteiger partial charge on any atom is -0.512 e. The van der Waals surface area contributed by atoms with Gasteiger partial charge in [0.2, 0.25) is 0 Å². The summed E-state index contributed by atoms with van der Waals surface area (Å²) in [4.78, 5) is 21.8. The van der Waals surface area contributed by atoms with E-state index in [4.69, 9.17) is 19.4 Å². The van der Waals surface area contributed by atoms with Gasteiger partial charge in [0.1, 0.15) is 17.3 Å². The van der Waals surface area contributed by atoms with E-state index in [1.807, 2.05) is 53.9 Å². The molecule has 2 aliphatic heterocycles. The fourth-order valence-electron chi connectivity index (χ4n) is 11.3. The summed E-state index contributed by atoms with van der Waals surface area (Å²) in [5, 5.41) is 19.4. The Morgan fingerprint density at radius 2 is 0.951 bits per heavy atom. The van der Waals surface area contributed by atoms with Crippen LogP contribution < -0.4 is 9.47 Å². The van der Waals surface area contributed by atoms with E-state index in [-0.39, 0.29) is 64.1 Å². The third-order valence-corrected chi connectivity index (χ3v) is 16.4. The summed E-state index contributed by atoms with van der Waals surface area (Å²) in [6, 6.07) is 35.7. The molecule has 0 amide bonds. The molecule has 0 saturated carbocycles. The van der Waals surface area contributed by atoms with Gasteiger partial charge in [0.05, 0.1) is 11.5 Å². The Hall–Kier alpha value is -5.88. The Morgan fingerprint density at radius 1 is 0.531 bits per heavy atom. The fraction of sp³-hybridized carbons (Fsp3) is 0.446. The largest absolute Gasteiger partial charge is 0.512 e. The maximum atomic E-state index is 12.2. The normalized spacial score (nSPS) is 13.3. The van der Waals surface area contributed by atoms with Crippen molar-refractivity contribution in [3.63, 3.8) is 0 Å². The van der Waals surface area contributed by atoms with E-state index in [9.17, 15) is 9.90 Å². The standard InChI is InChI=1S/C30H32NO.C29H30NO.C15H28O2.Ir/c1-18-8-9-22-21(12-18)15-23-27-26-20(10-11-31-27)13-19(16-29(2,3)4)14-25(26)32-28(23)24(22)17-30(5,6)7;1-28(2,3)16-18-13-20-11-12-30-26-22-15-19-9-7-8-10-21(19)23(17-29(4,5)6)27(22)31-24(14-18)25(20)26;1-7-14(5,8-2)12(16)11-13(17)15(6,9-3)10-4;/h8-14H,16-17H2,1-7H3;7-14H,16-17H2,1-6H3;11,16H,7-10H2,1-6H3;/q2*-1;;/b;;12-11-;. The molecular formula is C74H90IrN2O4-2. The van der Waals surface area contributed by atoms with Gasteiger partial charge >= 0.3 is 0 Å². The number of aliphatic hydroxyl groups excluding tert-OH is 1. The van der Waals surface area contributed by atoms with E-state index in [0.717, 1.165) is 118 Å². The van der Waals surface area contributed by atoms with Crippen LogP contribution in [0.4, 0.5) is 0 Å². The number of allylic oxidation sites excluding steroid dienone is 2. The minimum atomic E-state index is -0.337. The van der Waals surface area contributed by atoms with Crippen molar-refractivity contribution < 1.29 is 39.5 Å². The molecule has 431 valence electrons. The van der Waals surface area contributed by atoms with E-state index in [1.165, 1.54) is 55.4 Å². The molecule has 8 aromatic rings. The first-order valence-corrected chi connectivity index (χ1v) is 29.5. The zero-order valence-corrected chi connectivity index (χ0v) is 54.7. The maximum Gasteiger partial charge on any atom is 0.164 e. The molecule has 1 radical (unpaired) electrons. The molecule has 0 aliphatic carbocycles. The number of nitrogens with zero attached hydrogens (tertiary/aromatic N) is 2. The zero-order valence-electron chi connectivity index (χ0n) is 52.3. The van der Waals surface area contributed by atoms with E-state index in [1.54, 1.807) is 0 Å². The number of ether oxygens (including phenoxy) is 2. The summed E-state index contributed by atoms with van der Waals surface area (Å²) in [6.07, 6.45) is 12.5. The van der Waals surface area contributed by atoms with Gasteiger partial charge in [-0.15, -0.1) is 35.0 Å². The average Bonchev–Trinajstić information content (AvgIpc) is 3.52. The number of ketones is 1. The smallest absolute Gasteiger partial charge is 0.164 e. The summed E-state index contributed by atoms with van der Waals surface area (Å²) in [5.41, 5.74) is 10.4. The molecule has 0 spiro atoms. The molecule has 0 atom stereocenters. The van der Waals surface area contributed by atoms with E-state index < -0.39 is 0 Å². The fourth-order valence-corrected chi connectivity index (χ4v) is 11.3. The Balaban J connectivity index is 0.000000183. The molecule has 0 bridgehead atoms. The molecule has 0 fully saturated rings. The molecule has 0 saturated heterocycles. The van der Waals surface area contributed by atoms with Crippen molar-refractivity contribution in [3.8, 4) is 45.5 Å². The second kappa shape index (κ2) is 23.8. The van der Waals surface area contributed by atoms with Gasteiger partial charge in [-0.2, -0.15) is 0 Å². The van der Waals surface area contributed by atoms with Crippen LogP contribution in [0.1, 0.15) is 178 Å². The molecular weight excluding hydrogens is 1170 g/mol. The number of hydrogen-bond acceptors (Lipinski definition) is 6. The maximum absolute atomic E-state index is 12.2. The number of aliphatic hydroxyl groups is 1. The number of carbonyl (C=O) groups excluding carboxylic acids is 1. The van der Waals surface area contributed by atoms with Gasteiger partial charge in [0.25, 0.3) is 0 Å². The van der Waals surface area contributed by atoms with Gasteiger partial charge in [-0.25, -0.2) is 0 Å². The minimum absolute atomic E-state index is 0. The van der Waals surface area contributed by atoms with E-state index in [0.29, 0.717) is 0 Å². The molecule has 2 aromatic heterocycles. The summed E-state index contributed by atoms with van der Waals surface area (Å²) in [6.45, 7) is 41.6. The number of pyridine rings is 2.